The van der Waals surface area contributed by atoms with E-state index in [1.807, 2.05) is 0 Å². The van der Waals surface area contributed by atoms with E-state index in [0.29, 0.717) is 12.8 Å². The van der Waals surface area contributed by atoms with Crippen LogP contribution < -0.4 is 9.47 Å². The number of benzene rings is 2. The number of rotatable bonds is 9. The monoisotopic (exact) mass is 471 g/mol. The van der Waals surface area contributed by atoms with Gasteiger partial charge in [0.25, 0.3) is 0 Å². The molecule has 34 heavy (non-hydrogen) atoms. The molecule has 0 atom stereocenters. The van der Waals surface area contributed by atoms with Crippen molar-refractivity contribution >= 4 is 11.9 Å². The Balaban J connectivity index is 1.49. The van der Waals surface area contributed by atoms with Crippen molar-refractivity contribution in [2.75, 3.05) is 6.61 Å². The summed E-state index contributed by atoms with van der Waals surface area (Å²) < 4.78 is 43.9. The summed E-state index contributed by atoms with van der Waals surface area (Å²) >= 11 is 0. The zero-order chi connectivity index (χ0) is 24.5. The number of halogens is 2. The third kappa shape index (κ3) is 6.61. The minimum absolute atomic E-state index is 0.0599. The fourth-order valence-electron chi connectivity index (χ4n) is 3.78. The van der Waals surface area contributed by atoms with E-state index >= 15 is 0 Å². The standard InChI is InChI=1S/C26H27F2NO5/c1-2-3-4-15-32-20-10-5-17(6-11-20)25(30)33-21-12-7-18(8-13-21)26(31)34-22-14-9-19(16-29)23(27)24(22)28/h7-9,12-14,17,20H,2-6,10-11,15H2,1H3/t17-,20-. The second-order valence-corrected chi connectivity index (χ2v) is 8.24. The normalized spacial score (nSPS) is 17.6. The highest BCUT2D eigenvalue weighted by Gasteiger charge is 2.28. The highest BCUT2D eigenvalue weighted by atomic mass is 19.2. The maximum absolute atomic E-state index is 14.0. The second kappa shape index (κ2) is 12.2. The van der Waals surface area contributed by atoms with E-state index in [2.05, 4.69) is 6.92 Å². The molecule has 2 aromatic rings. The smallest absolute Gasteiger partial charge is 0.343 e. The maximum atomic E-state index is 14.0. The molecule has 8 heteroatoms. The van der Waals surface area contributed by atoms with Crippen LogP contribution in [0.2, 0.25) is 0 Å². The molecule has 1 aliphatic rings. The molecule has 0 radical (unpaired) electrons. The van der Waals surface area contributed by atoms with E-state index in [9.17, 15) is 18.4 Å². The van der Waals surface area contributed by atoms with Crippen molar-refractivity contribution in [2.45, 2.75) is 58.0 Å². The van der Waals surface area contributed by atoms with Gasteiger partial charge < -0.3 is 14.2 Å². The lowest BCUT2D eigenvalue weighted by atomic mass is 9.87. The van der Waals surface area contributed by atoms with Gasteiger partial charge in [0.2, 0.25) is 5.82 Å². The summed E-state index contributed by atoms with van der Waals surface area (Å²) in [6.07, 6.45) is 6.61. The van der Waals surface area contributed by atoms with Crippen LogP contribution in [0.25, 0.3) is 0 Å². The molecule has 2 aromatic carbocycles. The summed E-state index contributed by atoms with van der Waals surface area (Å²) in [5.41, 5.74) is -0.429. The molecule has 1 aliphatic carbocycles. The molecule has 0 spiro atoms. The molecule has 0 unspecified atom stereocenters. The average Bonchev–Trinajstić information content (AvgIpc) is 2.85. The summed E-state index contributed by atoms with van der Waals surface area (Å²) in [6, 6.07) is 9.14. The summed E-state index contributed by atoms with van der Waals surface area (Å²) in [5, 5.41) is 8.72. The molecule has 1 fully saturated rings. The van der Waals surface area contributed by atoms with Crippen molar-refractivity contribution in [3.05, 3.63) is 59.2 Å². The quantitative estimate of drug-likeness (QED) is 0.264. The summed E-state index contributed by atoms with van der Waals surface area (Å²) in [4.78, 5) is 24.8. The molecule has 0 N–H and O–H groups in total. The molecule has 3 rings (SSSR count). The van der Waals surface area contributed by atoms with Gasteiger partial charge in [0.15, 0.2) is 11.6 Å². The van der Waals surface area contributed by atoms with Gasteiger partial charge in [-0.3, -0.25) is 4.79 Å². The van der Waals surface area contributed by atoms with Gasteiger partial charge in [-0.1, -0.05) is 19.8 Å². The molecule has 0 heterocycles. The minimum atomic E-state index is -1.42. The first-order chi connectivity index (χ1) is 16.4. The van der Waals surface area contributed by atoms with Crippen molar-refractivity contribution in [3.63, 3.8) is 0 Å². The molecule has 0 aliphatic heterocycles. The van der Waals surface area contributed by atoms with Crippen molar-refractivity contribution < 1.29 is 32.6 Å². The van der Waals surface area contributed by atoms with E-state index in [-0.39, 0.29) is 29.3 Å². The number of hydrogen-bond donors (Lipinski definition) is 0. The lowest BCUT2D eigenvalue weighted by molar-refractivity contribution is -0.141. The fraction of sp³-hybridized carbons (Fsp3) is 0.423. The fourth-order valence-corrected chi connectivity index (χ4v) is 3.78. The summed E-state index contributed by atoms with van der Waals surface area (Å²) in [5.74, 6) is -4.59. The lowest BCUT2D eigenvalue weighted by Crippen LogP contribution is -2.29. The number of esters is 2. The molecule has 1 saturated carbocycles. The van der Waals surface area contributed by atoms with Crippen molar-refractivity contribution in [1.29, 1.82) is 5.26 Å². The first kappa shape index (κ1) is 25.3. The zero-order valence-corrected chi connectivity index (χ0v) is 19.0. The molecule has 0 saturated heterocycles. The average molecular weight is 472 g/mol. The van der Waals surface area contributed by atoms with Crippen LogP contribution >= 0.6 is 0 Å². The predicted molar refractivity (Wildman–Crippen MR) is 119 cm³/mol. The van der Waals surface area contributed by atoms with Crippen LogP contribution in [0.15, 0.2) is 36.4 Å². The number of nitriles is 1. The third-order valence-corrected chi connectivity index (χ3v) is 5.79. The van der Waals surface area contributed by atoms with E-state index in [0.717, 1.165) is 50.8 Å². The number of hydrogen-bond acceptors (Lipinski definition) is 6. The number of carbonyl (C=O) groups is 2. The summed E-state index contributed by atoms with van der Waals surface area (Å²) in [6.45, 7) is 2.91. The van der Waals surface area contributed by atoms with E-state index in [4.69, 9.17) is 19.5 Å². The van der Waals surface area contributed by atoms with Gasteiger partial charge in [-0.25, -0.2) is 9.18 Å². The van der Waals surface area contributed by atoms with Crippen LogP contribution in [0.1, 0.15) is 67.8 Å². The van der Waals surface area contributed by atoms with Crippen LogP contribution in [-0.4, -0.2) is 24.6 Å². The molecule has 0 bridgehead atoms. The van der Waals surface area contributed by atoms with Crippen molar-refractivity contribution in [1.82, 2.24) is 0 Å². The van der Waals surface area contributed by atoms with Crippen LogP contribution in [0, 0.1) is 28.9 Å². The van der Waals surface area contributed by atoms with Gasteiger partial charge in [0.05, 0.1) is 23.1 Å². The van der Waals surface area contributed by atoms with Crippen LogP contribution in [0.3, 0.4) is 0 Å². The maximum Gasteiger partial charge on any atom is 0.343 e. The Morgan fingerprint density at radius 2 is 1.68 bits per heavy atom. The minimum Gasteiger partial charge on any atom is -0.426 e. The van der Waals surface area contributed by atoms with Gasteiger partial charge in [0.1, 0.15) is 11.8 Å². The Labute approximate surface area is 197 Å². The summed E-state index contributed by atoms with van der Waals surface area (Å²) in [7, 11) is 0. The van der Waals surface area contributed by atoms with Crippen molar-refractivity contribution in [3.8, 4) is 17.6 Å². The Morgan fingerprint density at radius 1 is 0.971 bits per heavy atom. The topological polar surface area (TPSA) is 85.6 Å². The Hall–Kier alpha value is -3.31. The number of nitrogens with zero attached hydrogens (tertiary/aromatic N) is 1. The van der Waals surface area contributed by atoms with Crippen molar-refractivity contribution in [2.24, 2.45) is 5.92 Å². The predicted octanol–water partition coefficient (Wildman–Crippen LogP) is 5.73. The lowest BCUT2D eigenvalue weighted by Gasteiger charge is -2.27. The number of carbonyl (C=O) groups excluding carboxylic acids is 2. The largest absolute Gasteiger partial charge is 0.426 e. The first-order valence-corrected chi connectivity index (χ1v) is 11.5. The second-order valence-electron chi connectivity index (χ2n) is 8.24. The van der Waals surface area contributed by atoms with Gasteiger partial charge in [0, 0.05) is 6.61 Å². The Bertz CT molecular complexity index is 1040. The van der Waals surface area contributed by atoms with Crippen LogP contribution in [0.5, 0.6) is 11.5 Å². The molecule has 0 aromatic heterocycles. The highest BCUT2D eigenvalue weighted by molar-refractivity contribution is 5.91. The van der Waals surface area contributed by atoms with E-state index in [1.165, 1.54) is 30.3 Å². The van der Waals surface area contributed by atoms with Gasteiger partial charge in [-0.15, -0.1) is 0 Å². The highest BCUT2D eigenvalue weighted by Crippen LogP contribution is 2.28. The van der Waals surface area contributed by atoms with Crippen LogP contribution in [0.4, 0.5) is 8.78 Å². The number of ether oxygens (including phenoxy) is 3. The van der Waals surface area contributed by atoms with Gasteiger partial charge in [-0.05, 0) is 68.5 Å². The van der Waals surface area contributed by atoms with Gasteiger partial charge in [-0.2, -0.15) is 9.65 Å². The molecule has 6 nitrogen and oxygen atoms in total. The number of unbranched alkanes of at least 4 members (excludes halogenated alkanes) is 2. The molecule has 180 valence electrons. The van der Waals surface area contributed by atoms with Crippen LogP contribution in [-0.2, 0) is 9.53 Å². The SMILES string of the molecule is CCCCCO[C@H]1CC[C@H](C(=O)Oc2ccc(C(=O)Oc3ccc(C#N)c(F)c3F)cc2)CC1. The van der Waals surface area contributed by atoms with E-state index in [1.54, 1.807) is 0 Å². The van der Waals surface area contributed by atoms with Gasteiger partial charge >= 0.3 is 11.9 Å². The molecular formula is C26H27F2NO5. The third-order valence-electron chi connectivity index (χ3n) is 5.79. The first-order valence-electron chi connectivity index (χ1n) is 11.5. The Morgan fingerprint density at radius 3 is 2.32 bits per heavy atom. The molecule has 0 amide bonds. The Kier molecular flexibility index (Phi) is 9.11. The molecular weight excluding hydrogens is 444 g/mol. The van der Waals surface area contributed by atoms with E-state index < -0.39 is 28.9 Å². The zero-order valence-electron chi connectivity index (χ0n) is 19.0.